The molecule has 0 aromatic heterocycles. The molecule has 13 heteroatoms. The smallest absolute Gasteiger partial charge is 0.317 e. The third kappa shape index (κ3) is 10.1. The van der Waals surface area contributed by atoms with Gasteiger partial charge >= 0.3 is 12.1 Å². The highest BCUT2D eigenvalue weighted by atomic mass is 16.2. The number of carbonyl (C=O) groups is 6. The van der Waals surface area contributed by atoms with Gasteiger partial charge in [0, 0.05) is 32.7 Å². The number of hydrogen-bond acceptors (Lipinski definition) is 6. The summed E-state index contributed by atoms with van der Waals surface area (Å²) in [6.45, 7) is 13.2. The van der Waals surface area contributed by atoms with Gasteiger partial charge < -0.3 is 36.4 Å². The number of nitrogens with one attached hydrogen (secondary N) is 5. The van der Waals surface area contributed by atoms with Crippen molar-refractivity contribution in [1.82, 2.24) is 36.4 Å². The van der Waals surface area contributed by atoms with Gasteiger partial charge in [0.05, 0.1) is 12.1 Å². The van der Waals surface area contributed by atoms with Crippen LogP contribution < -0.4 is 26.6 Å². The fourth-order valence-corrected chi connectivity index (χ4v) is 6.18. The van der Waals surface area contributed by atoms with Crippen LogP contribution in [0.3, 0.4) is 0 Å². The Labute approximate surface area is 272 Å². The molecule has 256 valence electrons. The van der Waals surface area contributed by atoms with Crippen LogP contribution >= 0.6 is 0 Å². The van der Waals surface area contributed by atoms with Gasteiger partial charge in [-0.25, -0.2) is 9.59 Å². The molecule has 1 unspecified atom stereocenters. The molecule has 0 radical (unpaired) electrons. The Balaban J connectivity index is 1.75. The van der Waals surface area contributed by atoms with Crippen molar-refractivity contribution in [2.75, 3.05) is 32.7 Å². The van der Waals surface area contributed by atoms with Gasteiger partial charge in [-0.2, -0.15) is 0 Å². The van der Waals surface area contributed by atoms with Gasteiger partial charge in [0.2, 0.25) is 17.6 Å². The minimum atomic E-state index is -1.04. The van der Waals surface area contributed by atoms with Crippen LogP contribution in [0, 0.1) is 11.3 Å². The zero-order valence-electron chi connectivity index (χ0n) is 27.9. The summed E-state index contributed by atoms with van der Waals surface area (Å²) in [5.41, 5.74) is -0.378. The zero-order chi connectivity index (χ0) is 33.9. The van der Waals surface area contributed by atoms with Crippen molar-refractivity contribution in [3.8, 4) is 0 Å². The van der Waals surface area contributed by atoms with E-state index in [0.29, 0.717) is 26.1 Å². The first-order valence-electron chi connectivity index (χ1n) is 16.7. The van der Waals surface area contributed by atoms with E-state index in [2.05, 4.69) is 33.2 Å². The average molecular weight is 644 g/mol. The Morgan fingerprint density at radius 1 is 1.07 bits per heavy atom. The monoisotopic (exact) mass is 643 g/mol. The molecule has 2 aliphatic heterocycles. The van der Waals surface area contributed by atoms with Crippen LogP contribution in [0.1, 0.15) is 79.1 Å². The lowest BCUT2D eigenvalue weighted by molar-refractivity contribution is -0.142. The van der Waals surface area contributed by atoms with E-state index < -0.39 is 41.8 Å². The maximum Gasteiger partial charge on any atom is 0.317 e. The van der Waals surface area contributed by atoms with E-state index in [9.17, 15) is 28.8 Å². The molecular formula is C33H53N7O6. The van der Waals surface area contributed by atoms with E-state index in [1.165, 1.54) is 11.0 Å². The highest BCUT2D eigenvalue weighted by molar-refractivity contribution is 6.38. The second-order valence-electron chi connectivity index (χ2n) is 13.5. The van der Waals surface area contributed by atoms with Gasteiger partial charge in [-0.1, -0.05) is 71.6 Å². The van der Waals surface area contributed by atoms with Crippen molar-refractivity contribution in [2.24, 2.45) is 11.3 Å². The molecule has 46 heavy (non-hydrogen) atoms. The summed E-state index contributed by atoms with van der Waals surface area (Å²) < 4.78 is 0. The highest BCUT2D eigenvalue weighted by Gasteiger charge is 2.41. The number of Topliss-reactive ketones (excluding diaryl/α,β-unsaturated/α-hetero) is 1. The molecule has 0 bridgehead atoms. The van der Waals surface area contributed by atoms with Crippen LogP contribution in [0.15, 0.2) is 24.8 Å². The van der Waals surface area contributed by atoms with Gasteiger partial charge in [-0.05, 0) is 37.0 Å². The molecule has 1 saturated heterocycles. The lowest BCUT2D eigenvalue weighted by Gasteiger charge is -2.38. The van der Waals surface area contributed by atoms with Crippen LogP contribution in [-0.2, 0) is 19.2 Å². The summed E-state index contributed by atoms with van der Waals surface area (Å²) in [6.07, 6.45) is 10.9. The molecule has 5 N–H and O–H groups in total. The molecule has 1 saturated carbocycles. The predicted molar refractivity (Wildman–Crippen MR) is 175 cm³/mol. The van der Waals surface area contributed by atoms with Crippen molar-refractivity contribution in [2.45, 2.75) is 103 Å². The number of carbonyl (C=O) groups excluding carboxylic acids is 6. The van der Waals surface area contributed by atoms with E-state index in [1.54, 1.807) is 17.1 Å². The molecule has 4 atom stereocenters. The fourth-order valence-electron chi connectivity index (χ4n) is 6.18. The Kier molecular flexibility index (Phi) is 13.6. The zero-order valence-corrected chi connectivity index (χ0v) is 27.9. The first-order chi connectivity index (χ1) is 21.9. The molecule has 0 aromatic rings. The third-order valence-corrected chi connectivity index (χ3v) is 8.94. The normalized spacial score (nSPS) is 20.6. The lowest BCUT2D eigenvalue weighted by Crippen LogP contribution is -2.61. The number of ketones is 1. The number of hydrogen-bond donors (Lipinski definition) is 5. The summed E-state index contributed by atoms with van der Waals surface area (Å²) in [6, 6.07) is -3.96. The minimum Gasteiger partial charge on any atom is -0.346 e. The molecule has 1 aliphatic carbocycles. The number of rotatable bonds is 14. The molecule has 0 aromatic carbocycles. The number of urea groups is 2. The Morgan fingerprint density at radius 2 is 1.78 bits per heavy atom. The second-order valence-corrected chi connectivity index (χ2v) is 13.5. The molecular weight excluding hydrogens is 590 g/mol. The van der Waals surface area contributed by atoms with Crippen LogP contribution in [0.2, 0.25) is 0 Å². The molecule has 3 aliphatic rings. The largest absolute Gasteiger partial charge is 0.346 e. The lowest BCUT2D eigenvalue weighted by atomic mass is 9.83. The number of nitrogens with zero attached hydrogens (tertiary/aromatic N) is 2. The highest BCUT2D eigenvalue weighted by Crippen LogP contribution is 2.29. The Morgan fingerprint density at radius 3 is 2.41 bits per heavy atom. The van der Waals surface area contributed by atoms with Crippen molar-refractivity contribution >= 4 is 35.6 Å². The van der Waals surface area contributed by atoms with Crippen LogP contribution in [0.4, 0.5) is 9.59 Å². The van der Waals surface area contributed by atoms with E-state index in [4.69, 9.17) is 0 Å². The predicted octanol–water partition coefficient (Wildman–Crippen LogP) is 1.99. The van der Waals surface area contributed by atoms with E-state index >= 15 is 0 Å². The van der Waals surface area contributed by atoms with E-state index in [1.807, 2.05) is 27.7 Å². The van der Waals surface area contributed by atoms with Gasteiger partial charge in [-0.15, -0.1) is 6.58 Å². The maximum absolute atomic E-state index is 14.2. The van der Waals surface area contributed by atoms with Gasteiger partial charge in [0.25, 0.3) is 5.91 Å². The number of amides is 7. The molecule has 2 heterocycles. The van der Waals surface area contributed by atoms with Gasteiger partial charge in [0.15, 0.2) is 0 Å². The van der Waals surface area contributed by atoms with Gasteiger partial charge in [-0.3, -0.25) is 19.2 Å². The van der Waals surface area contributed by atoms with Crippen LogP contribution in [-0.4, -0.2) is 102 Å². The van der Waals surface area contributed by atoms with E-state index in [0.717, 1.165) is 38.5 Å². The standard InChI is InChI=1S/C33H53N7O6/c1-6-13-23(27(41)29(43)34-17-7-2)36-28(42)24-16-11-20-40(24)30(44)26(22-14-9-8-10-15-22)38-31(45)37-25(33(3,4)5)21-39-19-12-18-35-32(39)46/h7,11,16,22-26H,2,6,8-10,12-15,17-21H2,1,3-5H3,(H,34,43)(H,35,46)(H,36,42)(H2,37,38,45)/t23?,24-,25+,26-/m0/s1. The van der Waals surface area contributed by atoms with Crippen LogP contribution in [0.25, 0.3) is 0 Å². The minimum absolute atomic E-state index is 0.111. The summed E-state index contributed by atoms with van der Waals surface area (Å²) in [7, 11) is 0. The first kappa shape index (κ1) is 36.6. The third-order valence-electron chi connectivity index (χ3n) is 8.94. The summed E-state index contributed by atoms with van der Waals surface area (Å²) in [5.74, 6) is -2.62. The Bertz CT molecular complexity index is 1160. The van der Waals surface area contributed by atoms with Crippen molar-refractivity contribution in [3.05, 3.63) is 24.8 Å². The second kappa shape index (κ2) is 17.1. The SMILES string of the molecule is C=CCNC(=O)C(=O)C(CCC)NC(=O)[C@@H]1C=CCN1C(=O)[C@@H](NC(=O)N[C@H](CN1CCCNC1=O)C(C)(C)C)C1CCCCC1. The summed E-state index contributed by atoms with van der Waals surface area (Å²) in [4.78, 5) is 81.9. The molecule has 13 nitrogen and oxygen atoms in total. The fraction of sp³-hybridized carbons (Fsp3) is 0.697. The van der Waals surface area contributed by atoms with Gasteiger partial charge in [0.1, 0.15) is 12.1 Å². The molecule has 2 fully saturated rings. The van der Waals surface area contributed by atoms with Crippen molar-refractivity contribution in [1.29, 1.82) is 0 Å². The summed E-state index contributed by atoms with van der Waals surface area (Å²) in [5, 5.41) is 14.0. The van der Waals surface area contributed by atoms with Crippen molar-refractivity contribution in [3.63, 3.8) is 0 Å². The average Bonchev–Trinajstić information content (AvgIpc) is 3.52. The van der Waals surface area contributed by atoms with Crippen LogP contribution in [0.5, 0.6) is 0 Å². The van der Waals surface area contributed by atoms with E-state index in [-0.39, 0.29) is 48.8 Å². The molecule has 0 spiro atoms. The molecule has 3 rings (SSSR count). The maximum atomic E-state index is 14.2. The molecule has 7 amide bonds. The first-order valence-corrected chi connectivity index (χ1v) is 16.7. The topological polar surface area (TPSA) is 169 Å². The Hall–Kier alpha value is -3.90. The summed E-state index contributed by atoms with van der Waals surface area (Å²) >= 11 is 0. The quantitative estimate of drug-likeness (QED) is 0.143. The van der Waals surface area contributed by atoms with Crippen molar-refractivity contribution < 1.29 is 28.8 Å².